The second-order valence-electron chi connectivity index (χ2n) is 8.43. The Morgan fingerprint density at radius 3 is 2.00 bits per heavy atom. The van der Waals surface area contributed by atoms with Crippen molar-refractivity contribution >= 4 is 5.91 Å². The van der Waals surface area contributed by atoms with Crippen LogP contribution in [0.25, 0.3) is 0 Å². The molecule has 156 valence electrons. The normalized spacial score (nSPS) is 15.8. The first kappa shape index (κ1) is 21.5. The lowest BCUT2D eigenvalue weighted by molar-refractivity contribution is -0.133. The molecule has 1 heterocycles. The van der Waals surface area contributed by atoms with Gasteiger partial charge in [-0.3, -0.25) is 9.69 Å². The fourth-order valence-electron chi connectivity index (χ4n) is 3.92. The molecule has 0 unspecified atom stereocenters. The maximum Gasteiger partial charge on any atom is 0.237 e. The molecule has 0 N–H and O–H groups in total. The molecule has 1 aliphatic heterocycles. The highest BCUT2D eigenvalue weighted by molar-refractivity contribution is 5.79. The molecule has 0 bridgehead atoms. The van der Waals surface area contributed by atoms with E-state index in [1.165, 1.54) is 0 Å². The molecular weight excluding hydrogens is 360 g/mol. The van der Waals surface area contributed by atoms with E-state index in [0.29, 0.717) is 18.6 Å². The average molecular weight is 395 g/mol. The third-order valence-electron chi connectivity index (χ3n) is 5.57. The monoisotopic (exact) mass is 394 g/mol. The van der Waals surface area contributed by atoms with Crippen molar-refractivity contribution in [2.75, 3.05) is 33.3 Å². The second-order valence-corrected chi connectivity index (χ2v) is 8.43. The van der Waals surface area contributed by atoms with Crippen LogP contribution in [0.1, 0.15) is 43.9 Å². The molecule has 1 amide bonds. The van der Waals surface area contributed by atoms with Gasteiger partial charge in [-0.25, -0.2) is 0 Å². The molecule has 2 aromatic carbocycles. The van der Waals surface area contributed by atoms with Crippen molar-refractivity contribution in [3.05, 3.63) is 71.8 Å². The maximum absolute atomic E-state index is 13.1. The summed E-state index contributed by atoms with van der Waals surface area (Å²) in [6.45, 7) is 7.48. The van der Waals surface area contributed by atoms with Crippen molar-refractivity contribution in [1.29, 1.82) is 0 Å². The summed E-state index contributed by atoms with van der Waals surface area (Å²) in [5.74, 6) is 0.723. The summed E-state index contributed by atoms with van der Waals surface area (Å²) >= 11 is 0. The number of hydrogen-bond donors (Lipinski definition) is 0. The molecule has 0 aliphatic carbocycles. The van der Waals surface area contributed by atoms with Gasteiger partial charge in [-0.15, -0.1) is 0 Å². The predicted octanol–water partition coefficient (Wildman–Crippen LogP) is 4.37. The van der Waals surface area contributed by atoms with E-state index in [4.69, 9.17) is 4.74 Å². The molecule has 2 aromatic rings. The average Bonchev–Trinajstić information content (AvgIpc) is 2.75. The van der Waals surface area contributed by atoms with Crippen LogP contribution in [0.2, 0.25) is 0 Å². The van der Waals surface area contributed by atoms with E-state index < -0.39 is 0 Å². The van der Waals surface area contributed by atoms with Crippen molar-refractivity contribution in [3.8, 4) is 0 Å². The SMILES string of the molecule is CC(C)COC1CCN(CC(=O)N(C)C(c2ccccc2)c2ccccc2)CC1. The standard InChI is InChI=1S/C25H34N2O2/c1-20(2)19-29-23-14-16-27(17-15-23)18-24(28)26(3)25(21-10-6-4-7-11-21)22-12-8-5-9-13-22/h4-13,20,23,25H,14-19H2,1-3H3. The molecule has 0 aromatic heterocycles. The van der Waals surface area contributed by atoms with Crippen molar-refractivity contribution in [2.45, 2.75) is 38.8 Å². The largest absolute Gasteiger partial charge is 0.378 e. The Labute approximate surface area is 175 Å². The van der Waals surface area contributed by atoms with Crippen molar-refractivity contribution in [3.63, 3.8) is 0 Å². The first-order valence-corrected chi connectivity index (χ1v) is 10.7. The number of hydrogen-bond acceptors (Lipinski definition) is 3. The van der Waals surface area contributed by atoms with E-state index in [2.05, 4.69) is 43.0 Å². The molecule has 0 radical (unpaired) electrons. The molecule has 0 saturated carbocycles. The quantitative estimate of drug-likeness (QED) is 0.666. The summed E-state index contributed by atoms with van der Waals surface area (Å²) in [7, 11) is 1.92. The van der Waals surface area contributed by atoms with Crippen LogP contribution in [0.3, 0.4) is 0 Å². The van der Waals surface area contributed by atoms with Gasteiger partial charge in [0.05, 0.1) is 18.7 Å². The number of carbonyl (C=O) groups excluding carboxylic acids is 1. The van der Waals surface area contributed by atoms with Gasteiger partial charge in [-0.2, -0.15) is 0 Å². The van der Waals surface area contributed by atoms with E-state index in [1.54, 1.807) is 0 Å². The summed E-state index contributed by atoms with van der Waals surface area (Å²) in [6, 6.07) is 20.5. The number of carbonyl (C=O) groups is 1. The zero-order valence-electron chi connectivity index (χ0n) is 18.0. The number of piperidine rings is 1. The van der Waals surface area contributed by atoms with Crippen LogP contribution in [0, 0.1) is 5.92 Å². The van der Waals surface area contributed by atoms with E-state index in [-0.39, 0.29) is 11.9 Å². The van der Waals surface area contributed by atoms with Gasteiger partial charge in [0.2, 0.25) is 5.91 Å². The van der Waals surface area contributed by atoms with Crippen molar-refractivity contribution in [2.24, 2.45) is 5.92 Å². The van der Waals surface area contributed by atoms with Gasteiger partial charge in [-0.05, 0) is 29.9 Å². The van der Waals surface area contributed by atoms with Crippen molar-refractivity contribution < 1.29 is 9.53 Å². The maximum atomic E-state index is 13.1. The van der Waals surface area contributed by atoms with Gasteiger partial charge in [-0.1, -0.05) is 74.5 Å². The minimum Gasteiger partial charge on any atom is -0.378 e. The number of likely N-dealkylation sites (N-methyl/N-ethyl adjacent to an activating group) is 1. The number of ether oxygens (including phenoxy) is 1. The van der Waals surface area contributed by atoms with Crippen LogP contribution in [-0.4, -0.2) is 55.1 Å². The van der Waals surface area contributed by atoms with Gasteiger partial charge >= 0.3 is 0 Å². The number of benzene rings is 2. The highest BCUT2D eigenvalue weighted by atomic mass is 16.5. The lowest BCUT2D eigenvalue weighted by atomic mass is 9.97. The van der Waals surface area contributed by atoms with Crippen LogP contribution >= 0.6 is 0 Å². The first-order chi connectivity index (χ1) is 14.0. The minimum atomic E-state index is -0.0724. The number of amides is 1. The Bertz CT molecular complexity index is 700. The molecule has 29 heavy (non-hydrogen) atoms. The molecule has 1 aliphatic rings. The smallest absolute Gasteiger partial charge is 0.237 e. The summed E-state index contributed by atoms with van der Waals surface area (Å²) in [5, 5.41) is 0. The Morgan fingerprint density at radius 1 is 1.00 bits per heavy atom. The summed E-state index contributed by atoms with van der Waals surface area (Å²) in [4.78, 5) is 17.3. The van der Waals surface area contributed by atoms with E-state index in [9.17, 15) is 4.79 Å². The Balaban J connectivity index is 1.62. The molecule has 3 rings (SSSR count). The van der Waals surface area contributed by atoms with E-state index in [1.807, 2.05) is 48.3 Å². The van der Waals surface area contributed by atoms with Gasteiger partial charge in [0.15, 0.2) is 0 Å². The third-order valence-corrected chi connectivity index (χ3v) is 5.57. The van der Waals surface area contributed by atoms with E-state index >= 15 is 0 Å². The molecule has 0 spiro atoms. The van der Waals surface area contributed by atoms with Crippen molar-refractivity contribution in [1.82, 2.24) is 9.80 Å². The fraction of sp³-hybridized carbons (Fsp3) is 0.480. The summed E-state index contributed by atoms with van der Waals surface area (Å²) < 4.78 is 5.98. The zero-order chi connectivity index (χ0) is 20.6. The van der Waals surface area contributed by atoms with Gasteiger partial charge in [0.1, 0.15) is 0 Å². The van der Waals surface area contributed by atoms with Gasteiger partial charge < -0.3 is 9.64 Å². The molecule has 0 atom stereocenters. The molecule has 4 heteroatoms. The molecule has 1 fully saturated rings. The fourth-order valence-corrected chi connectivity index (χ4v) is 3.92. The van der Waals surface area contributed by atoms with Crippen LogP contribution in [0.5, 0.6) is 0 Å². The van der Waals surface area contributed by atoms with E-state index in [0.717, 1.165) is 43.7 Å². The van der Waals surface area contributed by atoms with Crippen LogP contribution in [0.15, 0.2) is 60.7 Å². The summed E-state index contributed by atoms with van der Waals surface area (Å²) in [6.07, 6.45) is 2.34. The second kappa shape index (κ2) is 10.6. The molecular formula is C25H34N2O2. The highest BCUT2D eigenvalue weighted by Gasteiger charge is 2.27. The molecule has 4 nitrogen and oxygen atoms in total. The van der Waals surface area contributed by atoms with Gasteiger partial charge in [0, 0.05) is 26.7 Å². The Hall–Kier alpha value is -2.17. The Kier molecular flexibility index (Phi) is 7.84. The zero-order valence-corrected chi connectivity index (χ0v) is 18.0. The van der Waals surface area contributed by atoms with Gasteiger partial charge in [0.25, 0.3) is 0 Å². The van der Waals surface area contributed by atoms with Crippen LogP contribution in [-0.2, 0) is 9.53 Å². The van der Waals surface area contributed by atoms with Crippen LogP contribution < -0.4 is 0 Å². The third kappa shape index (κ3) is 6.15. The summed E-state index contributed by atoms with van der Waals surface area (Å²) in [5.41, 5.74) is 2.27. The predicted molar refractivity (Wildman–Crippen MR) is 118 cm³/mol. The minimum absolute atomic E-state index is 0.0724. The number of rotatable bonds is 8. The lowest BCUT2D eigenvalue weighted by Gasteiger charge is -2.35. The topological polar surface area (TPSA) is 32.8 Å². The first-order valence-electron chi connectivity index (χ1n) is 10.7. The highest BCUT2D eigenvalue weighted by Crippen LogP contribution is 2.28. The number of likely N-dealkylation sites (tertiary alicyclic amines) is 1. The molecule has 1 saturated heterocycles. The van der Waals surface area contributed by atoms with Crippen LogP contribution in [0.4, 0.5) is 0 Å². The number of nitrogens with zero attached hydrogens (tertiary/aromatic N) is 2. The Morgan fingerprint density at radius 2 is 1.52 bits per heavy atom. The lowest BCUT2D eigenvalue weighted by Crippen LogP contribution is -2.44.